The summed E-state index contributed by atoms with van der Waals surface area (Å²) in [5, 5.41) is 13.1. The number of fused-ring (bicyclic) bond motifs is 1. The molecule has 0 bridgehead atoms. The number of aromatic amines is 1. The smallest absolute Gasteiger partial charge is 0.270 e. The molecular weight excluding hydrogens is 408 g/mol. The molecule has 2 aromatic rings. The lowest BCUT2D eigenvalue weighted by Gasteiger charge is -2.25. The molecule has 1 aromatic carbocycles. The van der Waals surface area contributed by atoms with E-state index in [1.165, 1.54) is 0 Å². The Morgan fingerprint density at radius 1 is 1.41 bits per heavy atom. The molecular formula is C24H28N4O4. The normalized spacial score (nSPS) is 23.8. The number of Topliss-reactive ketones (excluding diaryl/α,β-unsaturated/α-hetero) is 1. The van der Waals surface area contributed by atoms with Gasteiger partial charge >= 0.3 is 0 Å². The van der Waals surface area contributed by atoms with E-state index in [2.05, 4.69) is 16.4 Å². The first-order chi connectivity index (χ1) is 15.4. The fraction of sp³-hybridized carbons (Fsp3) is 0.500. The number of methoxy groups -OCH3 is 1. The SMILES string of the molecule is COc1cccc2[nH]c(C(=O)N3CC(C)CC3C(=O)NC(C#N)CC3CCCC3=O)cc12. The highest BCUT2D eigenvalue weighted by molar-refractivity contribution is 6.01. The van der Waals surface area contributed by atoms with E-state index in [-0.39, 0.29) is 29.4 Å². The van der Waals surface area contributed by atoms with Crippen molar-refractivity contribution < 1.29 is 19.1 Å². The molecule has 8 nitrogen and oxygen atoms in total. The van der Waals surface area contributed by atoms with Crippen LogP contribution in [0, 0.1) is 23.2 Å². The first-order valence-corrected chi connectivity index (χ1v) is 11.1. The van der Waals surface area contributed by atoms with Crippen molar-refractivity contribution in [2.45, 2.75) is 51.1 Å². The Balaban J connectivity index is 1.50. The number of H-pyrrole nitrogens is 1. The minimum absolute atomic E-state index is 0.158. The first-order valence-electron chi connectivity index (χ1n) is 11.1. The lowest BCUT2D eigenvalue weighted by atomic mass is 9.97. The summed E-state index contributed by atoms with van der Waals surface area (Å²) in [7, 11) is 1.58. The predicted molar refractivity (Wildman–Crippen MR) is 118 cm³/mol. The monoisotopic (exact) mass is 436 g/mol. The number of nitriles is 1. The minimum atomic E-state index is -0.736. The topological polar surface area (TPSA) is 115 Å². The quantitative estimate of drug-likeness (QED) is 0.722. The lowest BCUT2D eigenvalue weighted by Crippen LogP contribution is -2.49. The molecule has 4 unspecified atom stereocenters. The standard InChI is InChI=1S/C24H28N4O4/c1-14-9-20(23(30)26-16(12-25)10-15-5-3-7-21(15)29)28(13-14)24(31)19-11-17-18(27-19)6-4-8-22(17)32-2/h4,6,8,11,14-16,20,27H,3,5,7,9-10,13H2,1-2H3,(H,26,30). The highest BCUT2D eigenvalue weighted by atomic mass is 16.5. The van der Waals surface area contributed by atoms with Crippen molar-refractivity contribution in [1.29, 1.82) is 5.26 Å². The second-order valence-electron chi connectivity index (χ2n) is 8.90. The summed E-state index contributed by atoms with van der Waals surface area (Å²) in [4.78, 5) is 43.0. The molecule has 1 saturated carbocycles. The predicted octanol–water partition coefficient (Wildman–Crippen LogP) is 2.79. The number of hydrogen-bond donors (Lipinski definition) is 2. The van der Waals surface area contributed by atoms with Gasteiger partial charge in [-0.3, -0.25) is 14.4 Å². The van der Waals surface area contributed by atoms with Gasteiger partial charge < -0.3 is 19.9 Å². The third-order valence-electron chi connectivity index (χ3n) is 6.57. The van der Waals surface area contributed by atoms with E-state index in [0.29, 0.717) is 37.3 Å². The van der Waals surface area contributed by atoms with Crippen molar-refractivity contribution in [3.8, 4) is 11.8 Å². The van der Waals surface area contributed by atoms with Gasteiger partial charge in [-0.1, -0.05) is 13.0 Å². The number of nitrogens with one attached hydrogen (secondary N) is 2. The van der Waals surface area contributed by atoms with E-state index in [0.717, 1.165) is 23.7 Å². The Hall–Kier alpha value is -3.34. The zero-order valence-corrected chi connectivity index (χ0v) is 18.4. The summed E-state index contributed by atoms with van der Waals surface area (Å²) in [5.74, 6) is 0.230. The molecule has 2 aliphatic rings. The van der Waals surface area contributed by atoms with Gasteiger partial charge in [-0.05, 0) is 49.8 Å². The van der Waals surface area contributed by atoms with Gasteiger partial charge in [0.1, 0.15) is 29.3 Å². The molecule has 0 radical (unpaired) electrons. The number of ketones is 1. The number of likely N-dealkylation sites (tertiary alicyclic amines) is 1. The number of rotatable bonds is 6. The van der Waals surface area contributed by atoms with Crippen LogP contribution in [0.1, 0.15) is 49.5 Å². The Morgan fingerprint density at radius 2 is 2.22 bits per heavy atom. The van der Waals surface area contributed by atoms with Gasteiger partial charge in [0.15, 0.2) is 0 Å². The van der Waals surface area contributed by atoms with Crippen LogP contribution in [0.4, 0.5) is 0 Å². The number of ether oxygens (including phenoxy) is 1. The molecule has 1 aromatic heterocycles. The summed E-state index contributed by atoms with van der Waals surface area (Å²) < 4.78 is 5.38. The maximum atomic E-state index is 13.3. The summed E-state index contributed by atoms with van der Waals surface area (Å²) >= 11 is 0. The van der Waals surface area contributed by atoms with Crippen LogP contribution < -0.4 is 10.1 Å². The van der Waals surface area contributed by atoms with Crippen molar-refractivity contribution in [3.63, 3.8) is 0 Å². The number of benzene rings is 1. The van der Waals surface area contributed by atoms with Crippen LogP contribution in [0.3, 0.4) is 0 Å². The largest absolute Gasteiger partial charge is 0.496 e. The fourth-order valence-electron chi connectivity index (χ4n) is 4.93. The average Bonchev–Trinajstić information content (AvgIpc) is 3.50. The third kappa shape index (κ3) is 4.20. The van der Waals surface area contributed by atoms with E-state index in [9.17, 15) is 19.6 Å². The van der Waals surface area contributed by atoms with E-state index in [1.54, 1.807) is 18.1 Å². The number of carbonyl (C=O) groups is 3. The van der Waals surface area contributed by atoms with Gasteiger partial charge in [-0.15, -0.1) is 0 Å². The van der Waals surface area contributed by atoms with Crippen molar-refractivity contribution in [2.75, 3.05) is 13.7 Å². The van der Waals surface area contributed by atoms with Crippen LogP contribution in [-0.2, 0) is 9.59 Å². The first kappa shape index (κ1) is 21.9. The third-order valence-corrected chi connectivity index (χ3v) is 6.57. The molecule has 2 amide bonds. The number of amides is 2. The average molecular weight is 437 g/mol. The minimum Gasteiger partial charge on any atom is -0.496 e. The molecule has 2 heterocycles. The van der Waals surface area contributed by atoms with Crippen LogP contribution >= 0.6 is 0 Å². The van der Waals surface area contributed by atoms with E-state index >= 15 is 0 Å². The van der Waals surface area contributed by atoms with Crippen molar-refractivity contribution in [2.24, 2.45) is 11.8 Å². The Bertz CT molecular complexity index is 1090. The van der Waals surface area contributed by atoms with Gasteiger partial charge in [-0.2, -0.15) is 5.26 Å². The van der Waals surface area contributed by atoms with Gasteiger partial charge in [0.25, 0.3) is 5.91 Å². The highest BCUT2D eigenvalue weighted by Crippen LogP contribution is 2.30. The highest BCUT2D eigenvalue weighted by Gasteiger charge is 2.39. The van der Waals surface area contributed by atoms with E-state index in [4.69, 9.17) is 4.74 Å². The van der Waals surface area contributed by atoms with E-state index in [1.807, 2.05) is 25.1 Å². The van der Waals surface area contributed by atoms with Crippen LogP contribution in [0.5, 0.6) is 5.75 Å². The molecule has 2 N–H and O–H groups in total. The molecule has 1 aliphatic heterocycles. The van der Waals surface area contributed by atoms with Gasteiger partial charge in [-0.25, -0.2) is 0 Å². The molecule has 1 saturated heterocycles. The second kappa shape index (κ2) is 9.03. The number of aromatic nitrogens is 1. The molecule has 0 spiro atoms. The molecule has 4 atom stereocenters. The fourth-order valence-corrected chi connectivity index (χ4v) is 4.93. The molecule has 8 heteroatoms. The van der Waals surface area contributed by atoms with Crippen LogP contribution in [0.2, 0.25) is 0 Å². The van der Waals surface area contributed by atoms with Crippen molar-refractivity contribution >= 4 is 28.5 Å². The van der Waals surface area contributed by atoms with E-state index < -0.39 is 12.1 Å². The molecule has 4 rings (SSSR count). The maximum Gasteiger partial charge on any atom is 0.270 e. The molecule has 1 aliphatic carbocycles. The van der Waals surface area contributed by atoms with Crippen LogP contribution in [0.15, 0.2) is 24.3 Å². The zero-order valence-electron chi connectivity index (χ0n) is 18.4. The maximum absolute atomic E-state index is 13.3. The Morgan fingerprint density at radius 3 is 2.91 bits per heavy atom. The summed E-state index contributed by atoms with van der Waals surface area (Å²) in [6.07, 6.45) is 3.02. The van der Waals surface area contributed by atoms with Gasteiger partial charge in [0.05, 0.1) is 13.2 Å². The Kier molecular flexibility index (Phi) is 6.17. The zero-order chi connectivity index (χ0) is 22.8. The molecule has 168 valence electrons. The summed E-state index contributed by atoms with van der Waals surface area (Å²) in [5.41, 5.74) is 1.18. The van der Waals surface area contributed by atoms with Crippen LogP contribution in [-0.4, -0.2) is 53.2 Å². The molecule has 2 fully saturated rings. The second-order valence-corrected chi connectivity index (χ2v) is 8.90. The van der Waals surface area contributed by atoms with Gasteiger partial charge in [0, 0.05) is 29.8 Å². The Labute approximate surface area is 186 Å². The van der Waals surface area contributed by atoms with Crippen LogP contribution in [0.25, 0.3) is 10.9 Å². The molecule has 32 heavy (non-hydrogen) atoms. The lowest BCUT2D eigenvalue weighted by molar-refractivity contribution is -0.126. The van der Waals surface area contributed by atoms with Crippen molar-refractivity contribution in [3.05, 3.63) is 30.0 Å². The number of hydrogen-bond acceptors (Lipinski definition) is 5. The summed E-state index contributed by atoms with van der Waals surface area (Å²) in [6.45, 7) is 2.46. The summed E-state index contributed by atoms with van der Waals surface area (Å²) in [6, 6.07) is 8.02. The van der Waals surface area contributed by atoms with Gasteiger partial charge in [0.2, 0.25) is 5.91 Å². The number of carbonyl (C=O) groups excluding carboxylic acids is 3. The number of nitrogens with zero attached hydrogens (tertiary/aromatic N) is 2. The van der Waals surface area contributed by atoms with Crippen molar-refractivity contribution in [1.82, 2.24) is 15.2 Å².